The summed E-state index contributed by atoms with van der Waals surface area (Å²) in [6.45, 7) is 3.06. The highest BCUT2D eigenvalue weighted by Crippen LogP contribution is 2.30. The molecule has 1 atom stereocenters. The maximum Gasteiger partial charge on any atom is 0.120 e. The van der Waals surface area contributed by atoms with Gasteiger partial charge < -0.3 is 10.4 Å². The van der Waals surface area contributed by atoms with Gasteiger partial charge in [-0.25, -0.2) is 0 Å². The lowest BCUT2D eigenvalue weighted by Crippen LogP contribution is -2.12. The molecule has 1 aromatic carbocycles. The van der Waals surface area contributed by atoms with E-state index in [0.29, 0.717) is 11.8 Å². The van der Waals surface area contributed by atoms with Gasteiger partial charge in [0, 0.05) is 11.6 Å². The quantitative estimate of drug-likeness (QED) is 0.752. The summed E-state index contributed by atoms with van der Waals surface area (Å²) < 4.78 is 0. The third kappa shape index (κ3) is 2.20. The van der Waals surface area contributed by atoms with E-state index in [1.165, 1.54) is 6.42 Å². The van der Waals surface area contributed by atoms with Crippen molar-refractivity contribution in [3.8, 4) is 5.75 Å². The third-order valence-electron chi connectivity index (χ3n) is 2.62. The largest absolute Gasteiger partial charge is 0.508 e. The molecule has 0 amide bonds. The Bertz CT molecular complexity index is 308. The number of nitrogens with one attached hydrogen (secondary N) is 1. The van der Waals surface area contributed by atoms with E-state index in [4.69, 9.17) is 0 Å². The SMILES string of the molecule is Cc1ccc([C@H]2CCCN2)c(O)c1.Cl. The van der Waals surface area contributed by atoms with Crippen LogP contribution in [0.2, 0.25) is 0 Å². The average Bonchev–Trinajstić information content (AvgIpc) is 2.56. The molecule has 2 N–H and O–H groups in total. The van der Waals surface area contributed by atoms with E-state index in [0.717, 1.165) is 24.1 Å². The molecule has 1 heterocycles. The van der Waals surface area contributed by atoms with Crippen LogP contribution in [0.25, 0.3) is 0 Å². The van der Waals surface area contributed by atoms with Gasteiger partial charge in [0.1, 0.15) is 5.75 Å². The molecule has 2 rings (SSSR count). The van der Waals surface area contributed by atoms with Crippen molar-refractivity contribution in [1.82, 2.24) is 5.32 Å². The molecule has 1 fully saturated rings. The second-order valence-electron chi connectivity index (χ2n) is 3.71. The molecule has 1 saturated heterocycles. The molecule has 0 aromatic heterocycles. The molecule has 0 spiro atoms. The highest BCUT2D eigenvalue weighted by molar-refractivity contribution is 5.85. The Morgan fingerprint density at radius 1 is 1.43 bits per heavy atom. The smallest absolute Gasteiger partial charge is 0.120 e. The maximum atomic E-state index is 9.71. The fourth-order valence-corrected chi connectivity index (χ4v) is 1.90. The standard InChI is InChI=1S/C11H15NO.ClH/c1-8-4-5-9(11(13)7-8)10-3-2-6-12-10;/h4-5,7,10,12-13H,2-3,6H2,1H3;1H/t10-;/m1./s1. The zero-order valence-corrected chi connectivity index (χ0v) is 9.10. The monoisotopic (exact) mass is 213 g/mol. The minimum absolute atomic E-state index is 0. The number of rotatable bonds is 1. The summed E-state index contributed by atoms with van der Waals surface area (Å²) in [4.78, 5) is 0. The molecule has 1 aliphatic heterocycles. The third-order valence-corrected chi connectivity index (χ3v) is 2.62. The van der Waals surface area contributed by atoms with Gasteiger partial charge in [-0.15, -0.1) is 12.4 Å². The Balaban J connectivity index is 0.000000980. The molecule has 0 radical (unpaired) electrons. The lowest BCUT2D eigenvalue weighted by Gasteiger charge is -2.12. The van der Waals surface area contributed by atoms with Crippen molar-refractivity contribution < 1.29 is 5.11 Å². The summed E-state index contributed by atoms with van der Waals surface area (Å²) >= 11 is 0. The summed E-state index contributed by atoms with van der Waals surface area (Å²) in [5.41, 5.74) is 2.15. The predicted octanol–water partition coefficient (Wildman–Crippen LogP) is 2.55. The van der Waals surface area contributed by atoms with Crippen LogP contribution in [0.1, 0.15) is 30.0 Å². The van der Waals surface area contributed by atoms with Crippen molar-refractivity contribution in [2.24, 2.45) is 0 Å². The van der Waals surface area contributed by atoms with Crippen LogP contribution in [0.15, 0.2) is 18.2 Å². The van der Waals surface area contributed by atoms with E-state index in [1.807, 2.05) is 19.1 Å². The van der Waals surface area contributed by atoms with Crippen molar-refractivity contribution >= 4 is 12.4 Å². The fraction of sp³-hybridized carbons (Fsp3) is 0.455. The summed E-state index contributed by atoms with van der Waals surface area (Å²) in [6.07, 6.45) is 2.34. The summed E-state index contributed by atoms with van der Waals surface area (Å²) in [7, 11) is 0. The molecule has 0 saturated carbocycles. The van der Waals surface area contributed by atoms with Gasteiger partial charge in [-0.1, -0.05) is 12.1 Å². The molecule has 3 heteroatoms. The zero-order chi connectivity index (χ0) is 9.26. The second-order valence-corrected chi connectivity index (χ2v) is 3.71. The number of hydrogen-bond donors (Lipinski definition) is 2. The molecule has 2 nitrogen and oxygen atoms in total. The maximum absolute atomic E-state index is 9.71. The number of phenolic OH excluding ortho intramolecular Hbond substituents is 1. The molecular weight excluding hydrogens is 198 g/mol. The van der Waals surface area contributed by atoms with Gasteiger partial charge in [0.05, 0.1) is 0 Å². The number of hydrogen-bond acceptors (Lipinski definition) is 2. The van der Waals surface area contributed by atoms with E-state index >= 15 is 0 Å². The van der Waals surface area contributed by atoms with Crippen LogP contribution in [0, 0.1) is 6.92 Å². The Morgan fingerprint density at radius 2 is 2.21 bits per heavy atom. The normalized spacial score (nSPS) is 20.5. The predicted molar refractivity (Wildman–Crippen MR) is 60.1 cm³/mol. The highest BCUT2D eigenvalue weighted by Gasteiger charge is 2.18. The average molecular weight is 214 g/mol. The molecule has 0 aliphatic carbocycles. The van der Waals surface area contributed by atoms with Crippen LogP contribution in [0.5, 0.6) is 5.75 Å². The van der Waals surface area contributed by atoms with Gasteiger partial charge in [-0.3, -0.25) is 0 Å². The van der Waals surface area contributed by atoms with Crippen LogP contribution in [-0.4, -0.2) is 11.7 Å². The molecule has 0 bridgehead atoms. The molecule has 78 valence electrons. The van der Waals surface area contributed by atoms with Crippen LogP contribution in [-0.2, 0) is 0 Å². The molecule has 0 unspecified atom stereocenters. The van der Waals surface area contributed by atoms with Gasteiger partial charge in [0.25, 0.3) is 0 Å². The first-order valence-corrected chi connectivity index (χ1v) is 4.80. The van der Waals surface area contributed by atoms with Crippen molar-refractivity contribution in [3.05, 3.63) is 29.3 Å². The first kappa shape index (κ1) is 11.3. The number of aryl methyl sites for hydroxylation is 1. The Kier molecular flexibility index (Phi) is 3.78. The topological polar surface area (TPSA) is 32.3 Å². The van der Waals surface area contributed by atoms with E-state index < -0.39 is 0 Å². The molecule has 1 aliphatic rings. The first-order valence-electron chi connectivity index (χ1n) is 4.80. The number of benzene rings is 1. The van der Waals surface area contributed by atoms with E-state index in [2.05, 4.69) is 11.4 Å². The number of halogens is 1. The summed E-state index contributed by atoms with van der Waals surface area (Å²) in [5.74, 6) is 0.430. The van der Waals surface area contributed by atoms with Crippen LogP contribution < -0.4 is 5.32 Å². The minimum atomic E-state index is 0. The van der Waals surface area contributed by atoms with Crippen molar-refractivity contribution in [2.45, 2.75) is 25.8 Å². The van der Waals surface area contributed by atoms with Crippen molar-refractivity contribution in [3.63, 3.8) is 0 Å². The van der Waals surface area contributed by atoms with Gasteiger partial charge >= 0.3 is 0 Å². The van der Waals surface area contributed by atoms with Gasteiger partial charge in [0.2, 0.25) is 0 Å². The summed E-state index contributed by atoms with van der Waals surface area (Å²) in [6, 6.07) is 6.26. The first-order chi connectivity index (χ1) is 6.27. The van der Waals surface area contributed by atoms with Crippen molar-refractivity contribution in [1.29, 1.82) is 0 Å². The van der Waals surface area contributed by atoms with E-state index in [-0.39, 0.29) is 12.4 Å². The Hall–Kier alpha value is -0.730. The van der Waals surface area contributed by atoms with Crippen molar-refractivity contribution in [2.75, 3.05) is 6.54 Å². The Labute approximate surface area is 90.7 Å². The second kappa shape index (κ2) is 4.67. The highest BCUT2D eigenvalue weighted by atomic mass is 35.5. The number of aromatic hydroxyl groups is 1. The van der Waals surface area contributed by atoms with Gasteiger partial charge in [0.15, 0.2) is 0 Å². The Morgan fingerprint density at radius 3 is 2.79 bits per heavy atom. The lowest BCUT2D eigenvalue weighted by atomic mass is 10.0. The lowest BCUT2D eigenvalue weighted by molar-refractivity contribution is 0.456. The molecular formula is C11H16ClNO. The minimum Gasteiger partial charge on any atom is -0.508 e. The van der Waals surface area contributed by atoms with E-state index in [1.54, 1.807) is 0 Å². The number of phenols is 1. The fourth-order valence-electron chi connectivity index (χ4n) is 1.90. The zero-order valence-electron chi connectivity index (χ0n) is 8.29. The van der Waals surface area contributed by atoms with Gasteiger partial charge in [-0.2, -0.15) is 0 Å². The van der Waals surface area contributed by atoms with Gasteiger partial charge in [-0.05, 0) is 37.9 Å². The summed E-state index contributed by atoms with van der Waals surface area (Å²) in [5, 5.41) is 13.1. The molecule has 1 aromatic rings. The van der Waals surface area contributed by atoms with Crippen LogP contribution >= 0.6 is 12.4 Å². The van der Waals surface area contributed by atoms with Crippen LogP contribution in [0.3, 0.4) is 0 Å². The van der Waals surface area contributed by atoms with Crippen LogP contribution in [0.4, 0.5) is 0 Å². The molecule has 14 heavy (non-hydrogen) atoms. The van der Waals surface area contributed by atoms with E-state index in [9.17, 15) is 5.11 Å².